The molecule has 70 valence electrons. The van der Waals surface area contributed by atoms with E-state index in [1.807, 2.05) is 0 Å². The van der Waals surface area contributed by atoms with E-state index in [1.165, 1.54) is 0 Å². The van der Waals surface area contributed by atoms with Crippen LogP contribution in [-0.4, -0.2) is 105 Å². The van der Waals surface area contributed by atoms with Crippen molar-refractivity contribution >= 4 is 97.0 Å². The number of rotatable bonds is 2. The molecule has 0 aliphatic heterocycles. The molecule has 0 saturated carbocycles. The van der Waals surface area contributed by atoms with Gasteiger partial charge in [-0.15, -0.1) is 0 Å². The molecule has 1 rings (SSSR count). The zero-order valence-corrected chi connectivity index (χ0v) is 6.41. The monoisotopic (exact) mass is 256 g/mol. The first-order valence-electron chi connectivity index (χ1n) is 2.72. The van der Waals surface area contributed by atoms with Gasteiger partial charge in [-0.05, 0) is 12.1 Å². The van der Waals surface area contributed by atoms with Gasteiger partial charge in [-0.25, -0.2) is 4.79 Å². The van der Waals surface area contributed by atoms with Crippen molar-refractivity contribution in [2.45, 2.75) is 5.09 Å². The second kappa shape index (κ2) is 6.79. The number of carboxylic acids is 1. The summed E-state index contributed by atoms with van der Waals surface area (Å²) in [6, 6.07) is 1.80. The van der Waals surface area contributed by atoms with Crippen LogP contribution in [0.2, 0.25) is 0 Å². The van der Waals surface area contributed by atoms with E-state index in [4.69, 9.17) is 9.66 Å². The third-order valence-electron chi connectivity index (χ3n) is 1.05. The molecule has 0 amide bonds. The van der Waals surface area contributed by atoms with Crippen LogP contribution in [0.4, 0.5) is 0 Å². The number of hydrogen-bond donors (Lipinski definition) is 2. The molecule has 0 bridgehead atoms. The predicted octanol–water partition coefficient (Wildman–Crippen LogP) is -1.07. The predicted molar refractivity (Wildman–Crippen MR) is 49.8 cm³/mol. The van der Waals surface area contributed by atoms with E-state index in [-0.39, 0.29) is 80.9 Å². The van der Waals surface area contributed by atoms with Gasteiger partial charge in [0.05, 0.1) is 0 Å². The van der Waals surface area contributed by atoms with Gasteiger partial charge >= 0.3 is 97.0 Å². The Bertz CT molecular complexity index is 410. The summed E-state index contributed by atoms with van der Waals surface area (Å²) in [5.41, 5.74) is 0. The second-order valence-electron chi connectivity index (χ2n) is 1.90. The van der Waals surface area contributed by atoms with Crippen molar-refractivity contribution in [1.82, 2.24) is 0 Å². The number of hydrogen-bond acceptors (Lipinski definition) is 4. The number of carbonyl (C=O) groups is 1. The molecular formula is C5H6KNaO6S. The van der Waals surface area contributed by atoms with Gasteiger partial charge in [0.25, 0.3) is 0 Å². The van der Waals surface area contributed by atoms with Crippen LogP contribution in [0.1, 0.15) is 10.6 Å². The summed E-state index contributed by atoms with van der Waals surface area (Å²) < 4.78 is 33.3. The molecule has 0 spiro atoms. The Morgan fingerprint density at radius 2 is 1.86 bits per heavy atom. The Balaban J connectivity index is 0. The summed E-state index contributed by atoms with van der Waals surface area (Å²) >= 11 is 0. The van der Waals surface area contributed by atoms with Crippen molar-refractivity contribution in [1.29, 1.82) is 0 Å². The van der Waals surface area contributed by atoms with E-state index in [0.29, 0.717) is 0 Å². The van der Waals surface area contributed by atoms with Crippen LogP contribution in [0.25, 0.3) is 0 Å². The molecule has 0 aromatic carbocycles. The number of carboxylic acid groups (broad SMARTS) is 1. The Morgan fingerprint density at radius 1 is 1.36 bits per heavy atom. The summed E-state index contributed by atoms with van der Waals surface area (Å²) in [4.78, 5) is 10.2. The molecular weight excluding hydrogens is 250 g/mol. The van der Waals surface area contributed by atoms with Crippen LogP contribution in [0.15, 0.2) is 21.6 Å². The normalized spacial score (nSPS) is 9.79. The van der Waals surface area contributed by atoms with Crippen LogP contribution in [0.5, 0.6) is 0 Å². The van der Waals surface area contributed by atoms with Crippen LogP contribution < -0.4 is 0 Å². The molecule has 0 aliphatic rings. The van der Waals surface area contributed by atoms with Gasteiger partial charge in [-0.2, -0.15) is 8.42 Å². The Kier molecular flexibility index (Phi) is 8.57. The average molecular weight is 256 g/mol. The fraction of sp³-hybridized carbons (Fsp3) is 0. The van der Waals surface area contributed by atoms with Gasteiger partial charge in [-0.1, -0.05) is 0 Å². The maximum absolute atomic E-state index is 10.3. The van der Waals surface area contributed by atoms with E-state index in [9.17, 15) is 13.2 Å². The molecule has 2 N–H and O–H groups in total. The fourth-order valence-electron chi connectivity index (χ4n) is 0.574. The molecule has 0 saturated heterocycles. The van der Waals surface area contributed by atoms with Crippen molar-refractivity contribution in [3.63, 3.8) is 0 Å². The van der Waals surface area contributed by atoms with Crippen molar-refractivity contribution < 1.29 is 27.3 Å². The summed E-state index contributed by atoms with van der Waals surface area (Å²) in [6.45, 7) is 0. The summed E-state index contributed by atoms with van der Waals surface area (Å²) in [6.07, 6.45) is 0. The van der Waals surface area contributed by atoms with E-state index >= 15 is 0 Å². The SMILES string of the molecule is O=C(O)c1ccc(S(=O)(=O)O)o1.[KH].[NaH]. The molecule has 1 aromatic heterocycles. The third-order valence-corrected chi connectivity index (χ3v) is 1.77. The molecule has 6 nitrogen and oxygen atoms in total. The van der Waals surface area contributed by atoms with E-state index in [2.05, 4.69) is 4.42 Å². The maximum atomic E-state index is 10.3. The van der Waals surface area contributed by atoms with Gasteiger partial charge in [-0.3, -0.25) is 4.55 Å². The molecule has 0 radical (unpaired) electrons. The van der Waals surface area contributed by atoms with Crippen molar-refractivity contribution in [2.75, 3.05) is 0 Å². The van der Waals surface area contributed by atoms with Crippen LogP contribution in [-0.2, 0) is 10.1 Å². The summed E-state index contributed by atoms with van der Waals surface area (Å²) in [7, 11) is -4.45. The van der Waals surface area contributed by atoms with Gasteiger partial charge in [0, 0.05) is 0 Å². The number of aromatic carboxylic acids is 1. The Labute approximate surface area is 145 Å². The van der Waals surface area contributed by atoms with Gasteiger partial charge in [0.1, 0.15) is 0 Å². The second-order valence-corrected chi connectivity index (χ2v) is 3.25. The van der Waals surface area contributed by atoms with E-state index in [1.54, 1.807) is 0 Å². The molecule has 0 fully saturated rings. The molecule has 0 aliphatic carbocycles. The molecule has 1 heterocycles. The minimum absolute atomic E-state index is 0. The van der Waals surface area contributed by atoms with Crippen molar-refractivity contribution in [3.05, 3.63) is 17.9 Å². The van der Waals surface area contributed by atoms with Gasteiger partial charge < -0.3 is 9.52 Å². The third kappa shape index (κ3) is 4.88. The molecule has 14 heavy (non-hydrogen) atoms. The molecule has 9 heteroatoms. The molecule has 1 aromatic rings. The fourth-order valence-corrected chi connectivity index (χ4v) is 1.01. The first-order valence-corrected chi connectivity index (χ1v) is 4.16. The van der Waals surface area contributed by atoms with E-state index in [0.717, 1.165) is 12.1 Å². The van der Waals surface area contributed by atoms with Crippen LogP contribution in [0, 0.1) is 0 Å². The molecule has 0 atom stereocenters. The Morgan fingerprint density at radius 3 is 2.07 bits per heavy atom. The van der Waals surface area contributed by atoms with Crippen LogP contribution in [0.3, 0.4) is 0 Å². The van der Waals surface area contributed by atoms with Gasteiger partial charge in [0.2, 0.25) is 10.9 Å². The standard InChI is InChI=1S/C5H4O6S.K.Na.2H/c6-5(7)3-1-2-4(11-3)12(8,9)10;;;;/h1-2H,(H,6,7)(H,8,9,10);;;;. The first kappa shape index (κ1) is 17.7. The zero-order chi connectivity index (χ0) is 9.35. The zero-order valence-electron chi connectivity index (χ0n) is 5.59. The van der Waals surface area contributed by atoms with E-state index < -0.39 is 26.9 Å². The van der Waals surface area contributed by atoms with Crippen molar-refractivity contribution in [2.24, 2.45) is 0 Å². The summed E-state index contributed by atoms with van der Waals surface area (Å²) in [5, 5.41) is 7.52. The Hall–Kier alpha value is 1.30. The summed E-state index contributed by atoms with van der Waals surface area (Å²) in [5.74, 6) is -1.94. The quantitative estimate of drug-likeness (QED) is 0.515. The molecule has 0 unspecified atom stereocenters. The van der Waals surface area contributed by atoms with Crippen molar-refractivity contribution in [3.8, 4) is 0 Å². The first-order chi connectivity index (χ1) is 5.41. The van der Waals surface area contributed by atoms with Gasteiger partial charge in [0.15, 0.2) is 0 Å². The van der Waals surface area contributed by atoms with Crippen LogP contribution >= 0.6 is 0 Å². The number of furan rings is 1. The minimum atomic E-state index is -4.45. The average Bonchev–Trinajstić information content (AvgIpc) is 2.30. The topological polar surface area (TPSA) is 105 Å².